The van der Waals surface area contributed by atoms with Crippen LogP contribution in [-0.4, -0.2) is 76.9 Å². The van der Waals surface area contributed by atoms with Gasteiger partial charge in [0.1, 0.15) is 17.4 Å². The lowest BCUT2D eigenvalue weighted by Crippen LogP contribution is -2.37. The molecule has 0 atom stereocenters. The number of nitrogens with zero attached hydrogens (tertiary/aromatic N) is 4. The van der Waals surface area contributed by atoms with E-state index >= 15 is 0 Å². The van der Waals surface area contributed by atoms with Gasteiger partial charge in [-0.25, -0.2) is 15.0 Å². The van der Waals surface area contributed by atoms with Crippen molar-refractivity contribution in [1.82, 2.24) is 15.0 Å². The number of rotatable bonds is 7. The van der Waals surface area contributed by atoms with Gasteiger partial charge in [0.05, 0.1) is 57.1 Å². The molecule has 1 fully saturated rings. The highest BCUT2D eigenvalue weighted by atomic mass is 16.5. The molecule has 0 saturated carbocycles. The van der Waals surface area contributed by atoms with E-state index in [1.54, 1.807) is 13.2 Å². The number of hydrogen-bond acceptors (Lipinski definition) is 9. The fraction of sp³-hybridized carbons (Fsp3) is 0.409. The first kappa shape index (κ1) is 21.4. The van der Waals surface area contributed by atoms with Crippen LogP contribution in [0.5, 0.6) is 5.75 Å². The van der Waals surface area contributed by atoms with Crippen LogP contribution in [0, 0.1) is 0 Å². The molecule has 1 aliphatic heterocycles. The van der Waals surface area contributed by atoms with Crippen LogP contribution < -0.4 is 9.64 Å². The normalized spacial score (nSPS) is 14.4. The van der Waals surface area contributed by atoms with Gasteiger partial charge in [0.2, 0.25) is 0 Å². The minimum Gasteiger partial charge on any atom is -0.496 e. The van der Waals surface area contributed by atoms with Gasteiger partial charge in [-0.15, -0.1) is 0 Å². The summed E-state index contributed by atoms with van der Waals surface area (Å²) in [5.74, 6) is 1.10. The van der Waals surface area contributed by atoms with Crippen molar-refractivity contribution in [3.8, 4) is 17.0 Å². The molecule has 164 valence electrons. The van der Waals surface area contributed by atoms with Gasteiger partial charge in [0, 0.05) is 24.2 Å². The summed E-state index contributed by atoms with van der Waals surface area (Å²) >= 11 is 0. The Bertz CT molecular complexity index is 1050. The fourth-order valence-electron chi connectivity index (χ4n) is 3.65. The number of hydrogen-bond donors (Lipinski definition) is 3. The van der Waals surface area contributed by atoms with Gasteiger partial charge < -0.3 is 29.7 Å². The van der Waals surface area contributed by atoms with E-state index in [1.165, 1.54) is 0 Å². The summed E-state index contributed by atoms with van der Waals surface area (Å²) in [6, 6.07) is 9.34. The van der Waals surface area contributed by atoms with Gasteiger partial charge in [0.25, 0.3) is 0 Å². The first-order chi connectivity index (χ1) is 15.2. The van der Waals surface area contributed by atoms with E-state index in [1.807, 2.05) is 24.3 Å². The zero-order valence-electron chi connectivity index (χ0n) is 17.4. The maximum absolute atomic E-state index is 9.66. The Morgan fingerprint density at radius 2 is 1.81 bits per heavy atom. The second kappa shape index (κ2) is 9.52. The van der Waals surface area contributed by atoms with Gasteiger partial charge in [0.15, 0.2) is 5.65 Å². The van der Waals surface area contributed by atoms with E-state index in [4.69, 9.17) is 14.5 Å². The smallest absolute Gasteiger partial charge is 0.165 e. The van der Waals surface area contributed by atoms with Crippen LogP contribution in [0.25, 0.3) is 22.3 Å². The number of fused-ring (bicyclic) bond motifs is 1. The molecule has 0 unspecified atom stereocenters. The number of methoxy groups -OCH3 is 1. The minimum absolute atomic E-state index is 0.146. The molecule has 1 aliphatic rings. The van der Waals surface area contributed by atoms with Gasteiger partial charge in [-0.2, -0.15) is 0 Å². The minimum atomic E-state index is -0.586. The van der Waals surface area contributed by atoms with Crippen molar-refractivity contribution in [2.45, 2.75) is 12.5 Å². The molecule has 4 rings (SSSR count). The maximum atomic E-state index is 9.66. The Balaban J connectivity index is 1.84. The van der Waals surface area contributed by atoms with Crippen molar-refractivity contribution in [2.75, 3.05) is 51.5 Å². The maximum Gasteiger partial charge on any atom is 0.165 e. The van der Waals surface area contributed by atoms with Gasteiger partial charge >= 0.3 is 0 Å². The molecule has 0 radical (unpaired) electrons. The molecule has 1 aromatic carbocycles. The summed E-state index contributed by atoms with van der Waals surface area (Å²) in [7, 11) is 1.56. The predicted octanol–water partition coefficient (Wildman–Crippen LogP) is 1.10. The van der Waals surface area contributed by atoms with Crippen LogP contribution in [0.15, 0.2) is 30.3 Å². The van der Waals surface area contributed by atoms with Crippen molar-refractivity contribution < 1.29 is 24.8 Å². The Labute approximate surface area is 179 Å². The molecule has 3 N–H and O–H groups in total. The lowest BCUT2D eigenvalue weighted by Gasteiger charge is -2.29. The van der Waals surface area contributed by atoms with Gasteiger partial charge in [-0.1, -0.05) is 0 Å². The summed E-state index contributed by atoms with van der Waals surface area (Å²) in [4.78, 5) is 16.1. The standard InChI is InChI=1S/C22H26N4O5/c1-30-19-5-2-14(10-15(19)11-27)18-4-3-17-21(23-18)24-20(16(12-28)13-29)25-22(17)26-6-8-31-9-7-26/h2-5,10,16,27-29H,6-9,11-13H2,1H3. The topological polar surface area (TPSA) is 121 Å². The molecule has 3 aromatic rings. The largest absolute Gasteiger partial charge is 0.496 e. The van der Waals surface area contributed by atoms with Crippen LogP contribution in [0.4, 0.5) is 5.82 Å². The number of pyridine rings is 1. The summed E-state index contributed by atoms with van der Waals surface area (Å²) in [5.41, 5.74) is 2.66. The van der Waals surface area contributed by atoms with Crippen LogP contribution >= 0.6 is 0 Å². The quantitative estimate of drug-likeness (QED) is 0.510. The molecular formula is C22H26N4O5. The third kappa shape index (κ3) is 4.31. The predicted molar refractivity (Wildman–Crippen MR) is 115 cm³/mol. The van der Waals surface area contributed by atoms with Crippen molar-refractivity contribution in [3.05, 3.63) is 41.7 Å². The zero-order valence-corrected chi connectivity index (χ0v) is 17.4. The molecular weight excluding hydrogens is 400 g/mol. The molecule has 1 saturated heterocycles. The van der Waals surface area contributed by atoms with Crippen LogP contribution in [0.2, 0.25) is 0 Å². The van der Waals surface area contributed by atoms with E-state index in [0.717, 1.165) is 16.8 Å². The lowest BCUT2D eigenvalue weighted by molar-refractivity contribution is 0.122. The third-order valence-corrected chi connectivity index (χ3v) is 5.42. The number of morpholine rings is 1. The van der Waals surface area contributed by atoms with E-state index in [0.29, 0.717) is 54.8 Å². The monoisotopic (exact) mass is 426 g/mol. The van der Waals surface area contributed by atoms with E-state index in [2.05, 4.69) is 14.9 Å². The highest BCUT2D eigenvalue weighted by molar-refractivity contribution is 5.89. The number of aliphatic hydroxyl groups is 3. The Morgan fingerprint density at radius 3 is 2.48 bits per heavy atom. The van der Waals surface area contributed by atoms with Crippen molar-refractivity contribution in [1.29, 1.82) is 0 Å². The second-order valence-electron chi connectivity index (χ2n) is 7.32. The lowest BCUT2D eigenvalue weighted by atomic mass is 10.1. The Morgan fingerprint density at radius 1 is 1.03 bits per heavy atom. The average molecular weight is 426 g/mol. The molecule has 9 nitrogen and oxygen atoms in total. The third-order valence-electron chi connectivity index (χ3n) is 5.42. The van der Waals surface area contributed by atoms with E-state index in [-0.39, 0.29) is 19.8 Å². The van der Waals surface area contributed by atoms with Gasteiger partial charge in [-0.3, -0.25) is 0 Å². The van der Waals surface area contributed by atoms with Crippen LogP contribution in [0.1, 0.15) is 17.3 Å². The fourth-order valence-corrected chi connectivity index (χ4v) is 3.65. The molecule has 0 spiro atoms. The number of aromatic nitrogens is 3. The summed E-state index contributed by atoms with van der Waals surface area (Å²) in [5, 5.41) is 29.8. The summed E-state index contributed by atoms with van der Waals surface area (Å²) in [6.45, 7) is 1.91. The average Bonchev–Trinajstić information content (AvgIpc) is 2.84. The molecule has 0 aliphatic carbocycles. The number of benzene rings is 1. The molecule has 3 heterocycles. The zero-order chi connectivity index (χ0) is 21.8. The van der Waals surface area contributed by atoms with Gasteiger partial charge in [-0.05, 0) is 30.3 Å². The van der Waals surface area contributed by atoms with Crippen LogP contribution in [0.3, 0.4) is 0 Å². The van der Waals surface area contributed by atoms with Crippen molar-refractivity contribution in [3.63, 3.8) is 0 Å². The van der Waals surface area contributed by atoms with Crippen LogP contribution in [-0.2, 0) is 11.3 Å². The number of anilines is 1. The number of ether oxygens (including phenoxy) is 2. The second-order valence-corrected chi connectivity index (χ2v) is 7.32. The Kier molecular flexibility index (Phi) is 6.57. The molecule has 0 bridgehead atoms. The summed E-state index contributed by atoms with van der Waals surface area (Å²) in [6.07, 6.45) is 0. The first-order valence-corrected chi connectivity index (χ1v) is 10.2. The molecule has 2 aromatic heterocycles. The first-order valence-electron chi connectivity index (χ1n) is 10.2. The van der Waals surface area contributed by atoms with Crippen molar-refractivity contribution >= 4 is 16.9 Å². The highest BCUT2D eigenvalue weighted by Gasteiger charge is 2.22. The molecule has 0 amide bonds. The van der Waals surface area contributed by atoms with E-state index in [9.17, 15) is 15.3 Å². The van der Waals surface area contributed by atoms with E-state index < -0.39 is 5.92 Å². The SMILES string of the molecule is COc1ccc(-c2ccc3c(N4CCOCC4)nc(C(CO)CO)nc3n2)cc1CO. The number of aliphatic hydroxyl groups excluding tert-OH is 3. The molecule has 31 heavy (non-hydrogen) atoms. The van der Waals surface area contributed by atoms with Crippen molar-refractivity contribution in [2.24, 2.45) is 0 Å². The summed E-state index contributed by atoms with van der Waals surface area (Å²) < 4.78 is 10.7. The Hall–Kier alpha value is -2.85. The highest BCUT2D eigenvalue weighted by Crippen LogP contribution is 2.30. The molecule has 9 heteroatoms.